The molecular weight excluding hydrogens is 176 g/mol. The first-order valence-corrected chi connectivity index (χ1v) is 5.54. The third-order valence-corrected chi connectivity index (χ3v) is 2.05. The molecule has 0 aliphatic heterocycles. The Labute approximate surface area is 88.0 Å². The van der Waals surface area contributed by atoms with Crippen LogP contribution < -0.4 is 16.8 Å². The van der Waals surface area contributed by atoms with Crippen LogP contribution in [0.15, 0.2) is 0 Å². The lowest BCUT2D eigenvalue weighted by molar-refractivity contribution is 0.286. The summed E-state index contributed by atoms with van der Waals surface area (Å²) < 4.78 is 0. The van der Waals surface area contributed by atoms with Gasteiger partial charge in [0.25, 0.3) is 0 Å². The summed E-state index contributed by atoms with van der Waals surface area (Å²) in [7, 11) is 0. The van der Waals surface area contributed by atoms with Gasteiger partial charge in [-0.3, -0.25) is 4.90 Å². The van der Waals surface area contributed by atoms with Gasteiger partial charge in [0.05, 0.1) is 0 Å². The third kappa shape index (κ3) is 8.44. The first-order valence-electron chi connectivity index (χ1n) is 5.54. The van der Waals surface area contributed by atoms with Gasteiger partial charge in [-0.1, -0.05) is 13.8 Å². The Morgan fingerprint density at radius 3 is 2.07 bits per heavy atom. The summed E-state index contributed by atoms with van der Waals surface area (Å²) in [5.74, 6) is 0.715. The number of nitrogens with one attached hydrogen (secondary N) is 1. The van der Waals surface area contributed by atoms with Crippen molar-refractivity contribution in [3.8, 4) is 0 Å². The van der Waals surface area contributed by atoms with Crippen LogP contribution in [0, 0.1) is 5.92 Å². The molecule has 0 unspecified atom stereocenters. The number of hydrogen-bond acceptors (Lipinski definition) is 4. The molecule has 14 heavy (non-hydrogen) atoms. The van der Waals surface area contributed by atoms with E-state index in [1.807, 2.05) is 0 Å². The molecule has 0 saturated carbocycles. The highest BCUT2D eigenvalue weighted by Crippen LogP contribution is 1.88. The van der Waals surface area contributed by atoms with E-state index in [0.29, 0.717) is 19.0 Å². The second-order valence-electron chi connectivity index (χ2n) is 4.02. The second kappa shape index (κ2) is 9.40. The molecule has 0 aromatic carbocycles. The topological polar surface area (TPSA) is 67.3 Å². The van der Waals surface area contributed by atoms with Gasteiger partial charge >= 0.3 is 0 Å². The zero-order valence-corrected chi connectivity index (χ0v) is 9.63. The minimum Gasteiger partial charge on any atom is -0.329 e. The monoisotopic (exact) mass is 202 g/mol. The van der Waals surface area contributed by atoms with Gasteiger partial charge < -0.3 is 16.8 Å². The van der Waals surface area contributed by atoms with E-state index >= 15 is 0 Å². The average molecular weight is 202 g/mol. The standard InChI is InChI=1S/C10H26N4/c1-10(2)9-13-5-8-14(6-3-11)7-4-12/h10,13H,3-9,11-12H2,1-2H3. The van der Waals surface area contributed by atoms with Crippen molar-refractivity contribution in [3.05, 3.63) is 0 Å². The van der Waals surface area contributed by atoms with Crippen LogP contribution in [0.3, 0.4) is 0 Å². The molecule has 0 fully saturated rings. The third-order valence-electron chi connectivity index (χ3n) is 2.05. The Balaban J connectivity index is 3.40. The molecule has 0 aromatic rings. The fourth-order valence-corrected chi connectivity index (χ4v) is 1.33. The van der Waals surface area contributed by atoms with Crippen LogP contribution in [0.1, 0.15) is 13.8 Å². The molecule has 86 valence electrons. The van der Waals surface area contributed by atoms with E-state index < -0.39 is 0 Å². The van der Waals surface area contributed by atoms with Crippen molar-refractivity contribution < 1.29 is 0 Å². The van der Waals surface area contributed by atoms with Crippen LogP contribution in [-0.2, 0) is 0 Å². The van der Waals surface area contributed by atoms with E-state index in [2.05, 4.69) is 24.1 Å². The van der Waals surface area contributed by atoms with Crippen LogP contribution in [0.2, 0.25) is 0 Å². The summed E-state index contributed by atoms with van der Waals surface area (Å²) in [6, 6.07) is 0. The molecule has 0 amide bonds. The quantitative estimate of drug-likeness (QED) is 0.439. The van der Waals surface area contributed by atoms with E-state index in [4.69, 9.17) is 11.5 Å². The van der Waals surface area contributed by atoms with Gasteiger partial charge in [-0.05, 0) is 12.5 Å². The van der Waals surface area contributed by atoms with Crippen molar-refractivity contribution >= 4 is 0 Å². The summed E-state index contributed by atoms with van der Waals surface area (Å²) in [6.07, 6.45) is 0. The van der Waals surface area contributed by atoms with Crippen molar-refractivity contribution in [1.29, 1.82) is 0 Å². The molecule has 0 rings (SSSR count). The first-order chi connectivity index (χ1) is 6.70. The lowest BCUT2D eigenvalue weighted by Gasteiger charge is -2.21. The lowest BCUT2D eigenvalue weighted by Crippen LogP contribution is -2.39. The van der Waals surface area contributed by atoms with Crippen molar-refractivity contribution in [2.75, 3.05) is 45.8 Å². The second-order valence-corrected chi connectivity index (χ2v) is 4.02. The molecule has 4 nitrogen and oxygen atoms in total. The smallest absolute Gasteiger partial charge is 0.0108 e. The predicted molar refractivity (Wildman–Crippen MR) is 62.3 cm³/mol. The van der Waals surface area contributed by atoms with Crippen molar-refractivity contribution in [3.63, 3.8) is 0 Å². The van der Waals surface area contributed by atoms with Crippen LogP contribution in [0.5, 0.6) is 0 Å². The molecule has 0 aliphatic carbocycles. The highest BCUT2D eigenvalue weighted by atomic mass is 15.1. The Hall–Kier alpha value is -0.160. The Morgan fingerprint density at radius 1 is 1.07 bits per heavy atom. The average Bonchev–Trinajstić information content (AvgIpc) is 2.12. The van der Waals surface area contributed by atoms with Gasteiger partial charge in [0.15, 0.2) is 0 Å². The van der Waals surface area contributed by atoms with E-state index in [-0.39, 0.29) is 0 Å². The molecule has 0 aliphatic rings. The lowest BCUT2D eigenvalue weighted by atomic mass is 10.2. The van der Waals surface area contributed by atoms with Gasteiger partial charge in [0.2, 0.25) is 0 Å². The summed E-state index contributed by atoms with van der Waals surface area (Å²) >= 11 is 0. The summed E-state index contributed by atoms with van der Waals surface area (Å²) in [4.78, 5) is 2.30. The molecule has 0 atom stereocenters. The highest BCUT2D eigenvalue weighted by Gasteiger charge is 2.01. The van der Waals surface area contributed by atoms with Gasteiger partial charge in [0.1, 0.15) is 0 Å². The van der Waals surface area contributed by atoms with Crippen LogP contribution >= 0.6 is 0 Å². The number of hydrogen-bond donors (Lipinski definition) is 3. The maximum Gasteiger partial charge on any atom is 0.0108 e. The molecule has 0 radical (unpaired) electrons. The summed E-state index contributed by atoms with van der Waals surface area (Å²) in [5.41, 5.74) is 11.0. The number of nitrogens with two attached hydrogens (primary N) is 2. The highest BCUT2D eigenvalue weighted by molar-refractivity contribution is 4.61. The van der Waals surface area contributed by atoms with Gasteiger partial charge in [-0.15, -0.1) is 0 Å². The van der Waals surface area contributed by atoms with Crippen molar-refractivity contribution in [2.24, 2.45) is 17.4 Å². The van der Waals surface area contributed by atoms with Gasteiger partial charge in [0, 0.05) is 39.3 Å². The summed E-state index contributed by atoms with van der Waals surface area (Å²) in [5, 5.41) is 3.41. The maximum absolute atomic E-state index is 5.51. The van der Waals surface area contributed by atoms with Gasteiger partial charge in [-0.25, -0.2) is 0 Å². The number of rotatable bonds is 9. The van der Waals surface area contributed by atoms with Crippen LogP contribution in [-0.4, -0.2) is 50.7 Å². The Bertz CT molecular complexity index is 111. The number of nitrogens with zero attached hydrogens (tertiary/aromatic N) is 1. The Kier molecular flexibility index (Phi) is 9.29. The van der Waals surface area contributed by atoms with Crippen LogP contribution in [0.25, 0.3) is 0 Å². The van der Waals surface area contributed by atoms with Crippen LogP contribution in [0.4, 0.5) is 0 Å². The molecule has 0 aromatic heterocycles. The molecule has 0 bridgehead atoms. The molecule has 0 saturated heterocycles. The van der Waals surface area contributed by atoms with E-state index in [1.165, 1.54) is 0 Å². The SMILES string of the molecule is CC(C)CNCCN(CCN)CCN. The van der Waals surface area contributed by atoms with E-state index in [1.54, 1.807) is 0 Å². The molecule has 5 N–H and O–H groups in total. The first kappa shape index (κ1) is 13.8. The minimum absolute atomic E-state index is 0.712. The molecular formula is C10H26N4. The normalized spacial score (nSPS) is 11.6. The minimum atomic E-state index is 0.712. The van der Waals surface area contributed by atoms with E-state index in [9.17, 15) is 0 Å². The maximum atomic E-state index is 5.51. The molecule has 4 heteroatoms. The Morgan fingerprint density at radius 2 is 1.64 bits per heavy atom. The fraction of sp³-hybridized carbons (Fsp3) is 1.00. The predicted octanol–water partition coefficient (Wildman–Crippen LogP) is -0.549. The zero-order chi connectivity index (χ0) is 10.8. The fourth-order valence-electron chi connectivity index (χ4n) is 1.33. The zero-order valence-electron chi connectivity index (χ0n) is 9.63. The molecule has 0 heterocycles. The largest absolute Gasteiger partial charge is 0.329 e. The summed E-state index contributed by atoms with van der Waals surface area (Å²) in [6.45, 7) is 10.9. The van der Waals surface area contributed by atoms with E-state index in [0.717, 1.165) is 32.7 Å². The van der Waals surface area contributed by atoms with Crippen molar-refractivity contribution in [1.82, 2.24) is 10.2 Å². The van der Waals surface area contributed by atoms with Gasteiger partial charge in [-0.2, -0.15) is 0 Å². The molecule has 0 spiro atoms. The van der Waals surface area contributed by atoms with Crippen molar-refractivity contribution in [2.45, 2.75) is 13.8 Å².